The zero-order valence-electron chi connectivity index (χ0n) is 17.7. The van der Waals surface area contributed by atoms with Crippen molar-refractivity contribution in [3.8, 4) is 5.69 Å². The van der Waals surface area contributed by atoms with E-state index in [1.165, 1.54) is 10.6 Å². The third-order valence-electron chi connectivity index (χ3n) is 5.51. The molecule has 3 aromatic rings. The number of hydrogen-bond donors (Lipinski definition) is 1. The highest BCUT2D eigenvalue weighted by atomic mass is 35.5. The molecule has 1 amide bonds. The van der Waals surface area contributed by atoms with E-state index in [0.29, 0.717) is 40.5 Å². The number of nitrogens with zero attached hydrogens (tertiary/aromatic N) is 1. The number of carbonyl (C=O) groups excluding carboxylic acids is 2. The number of ketones is 1. The van der Waals surface area contributed by atoms with Crippen molar-refractivity contribution in [3.63, 3.8) is 0 Å². The van der Waals surface area contributed by atoms with Gasteiger partial charge in [0.2, 0.25) is 0 Å². The quantitative estimate of drug-likeness (QED) is 0.615. The van der Waals surface area contributed by atoms with Gasteiger partial charge in [-0.3, -0.25) is 19.0 Å². The van der Waals surface area contributed by atoms with Gasteiger partial charge in [-0.25, -0.2) is 0 Å². The lowest BCUT2D eigenvalue weighted by molar-refractivity contribution is 0.0909. The van der Waals surface area contributed by atoms with Gasteiger partial charge in [-0.1, -0.05) is 49.2 Å². The topological polar surface area (TPSA) is 68.2 Å². The zero-order valence-corrected chi connectivity index (χ0v) is 18.4. The van der Waals surface area contributed by atoms with Crippen molar-refractivity contribution in [1.29, 1.82) is 0 Å². The second-order valence-electron chi connectivity index (χ2n) is 8.80. The molecule has 1 aliphatic carbocycles. The van der Waals surface area contributed by atoms with Crippen LogP contribution >= 0.6 is 11.6 Å². The first-order chi connectivity index (χ1) is 14.6. The molecule has 1 aromatic heterocycles. The Bertz CT molecular complexity index is 1260. The average Bonchev–Trinajstić information content (AvgIpc) is 2.68. The molecule has 0 atom stereocenters. The van der Waals surface area contributed by atoms with Gasteiger partial charge < -0.3 is 5.32 Å². The molecule has 158 valence electrons. The Hall–Kier alpha value is -3.18. The molecule has 0 radical (unpaired) electrons. The maximum absolute atomic E-state index is 13.5. The lowest BCUT2D eigenvalue weighted by Crippen LogP contribution is -2.37. The maximum Gasteiger partial charge on any atom is 0.268 e. The summed E-state index contributed by atoms with van der Waals surface area (Å²) in [4.78, 5) is 39.5. The Kier molecular flexibility index (Phi) is 5.31. The third kappa shape index (κ3) is 4.19. The number of amides is 1. The van der Waals surface area contributed by atoms with Crippen molar-refractivity contribution < 1.29 is 9.59 Å². The molecule has 0 bridgehead atoms. The summed E-state index contributed by atoms with van der Waals surface area (Å²) in [7, 11) is 0. The standard InChI is InChI=1S/C25H23ClN2O3/c1-15-7-9-18(10-8-15)28-21-13-25(2,3)14-22(29)19(21)12-20(24(28)31)23(30)27-17-6-4-5-16(26)11-17/h4-12H,13-14H2,1-3H3,(H,27,30). The number of hydrogen-bond acceptors (Lipinski definition) is 3. The van der Waals surface area contributed by atoms with E-state index in [9.17, 15) is 14.4 Å². The molecule has 0 saturated carbocycles. The van der Waals surface area contributed by atoms with Crippen molar-refractivity contribution in [2.45, 2.75) is 33.6 Å². The Morgan fingerprint density at radius 1 is 1.03 bits per heavy atom. The van der Waals surface area contributed by atoms with Crippen LogP contribution in [0.2, 0.25) is 5.02 Å². The fraction of sp³-hybridized carbons (Fsp3) is 0.240. The van der Waals surface area contributed by atoms with Crippen molar-refractivity contribution in [2.24, 2.45) is 5.41 Å². The molecule has 0 saturated heterocycles. The van der Waals surface area contributed by atoms with Gasteiger partial charge in [-0.2, -0.15) is 0 Å². The lowest BCUT2D eigenvalue weighted by atomic mass is 9.75. The van der Waals surface area contributed by atoms with Crippen molar-refractivity contribution in [3.05, 3.63) is 92.4 Å². The largest absolute Gasteiger partial charge is 0.322 e. The van der Waals surface area contributed by atoms with Gasteiger partial charge in [0.25, 0.3) is 11.5 Å². The maximum atomic E-state index is 13.5. The third-order valence-corrected chi connectivity index (χ3v) is 5.74. The van der Waals surface area contributed by atoms with Crippen LogP contribution in [0.1, 0.15) is 52.2 Å². The molecule has 6 heteroatoms. The van der Waals surface area contributed by atoms with Crippen LogP contribution in [-0.2, 0) is 6.42 Å². The van der Waals surface area contributed by atoms with Crippen LogP contribution in [0, 0.1) is 12.3 Å². The minimum Gasteiger partial charge on any atom is -0.322 e. The average molecular weight is 435 g/mol. The van der Waals surface area contributed by atoms with Gasteiger partial charge in [0.15, 0.2) is 5.78 Å². The van der Waals surface area contributed by atoms with Crippen molar-refractivity contribution >= 4 is 29.0 Å². The van der Waals surface area contributed by atoms with E-state index in [1.54, 1.807) is 24.3 Å². The predicted molar refractivity (Wildman–Crippen MR) is 123 cm³/mol. The van der Waals surface area contributed by atoms with E-state index in [4.69, 9.17) is 11.6 Å². The van der Waals surface area contributed by atoms with E-state index < -0.39 is 11.5 Å². The molecule has 0 aliphatic heterocycles. The first kappa shape index (κ1) is 21.1. The van der Waals surface area contributed by atoms with Crippen LogP contribution in [0.25, 0.3) is 5.69 Å². The Balaban J connectivity index is 1.90. The number of benzene rings is 2. The van der Waals surface area contributed by atoms with Gasteiger partial charge in [0.1, 0.15) is 5.56 Å². The first-order valence-electron chi connectivity index (χ1n) is 10.1. The summed E-state index contributed by atoms with van der Waals surface area (Å²) >= 11 is 6.00. The first-order valence-corrected chi connectivity index (χ1v) is 10.5. The van der Waals surface area contributed by atoms with Crippen LogP contribution in [0.15, 0.2) is 59.4 Å². The number of carbonyl (C=O) groups is 2. The molecule has 5 nitrogen and oxygen atoms in total. The molecule has 0 unspecified atom stereocenters. The molecule has 2 aromatic carbocycles. The summed E-state index contributed by atoms with van der Waals surface area (Å²) in [6.07, 6.45) is 0.925. The summed E-state index contributed by atoms with van der Waals surface area (Å²) in [6, 6.07) is 15.6. The number of rotatable bonds is 3. The van der Waals surface area contributed by atoms with Crippen LogP contribution in [-0.4, -0.2) is 16.3 Å². The summed E-state index contributed by atoms with van der Waals surface area (Å²) in [5, 5.41) is 3.19. The normalized spacial score (nSPS) is 14.8. The molecule has 0 spiro atoms. The van der Waals surface area contributed by atoms with Gasteiger partial charge >= 0.3 is 0 Å². The van der Waals surface area contributed by atoms with E-state index in [1.807, 2.05) is 45.0 Å². The highest BCUT2D eigenvalue weighted by molar-refractivity contribution is 6.31. The number of aromatic nitrogens is 1. The number of anilines is 1. The lowest BCUT2D eigenvalue weighted by Gasteiger charge is -2.32. The van der Waals surface area contributed by atoms with Crippen molar-refractivity contribution in [2.75, 3.05) is 5.32 Å². The molecule has 1 N–H and O–H groups in total. The monoisotopic (exact) mass is 434 g/mol. The van der Waals surface area contributed by atoms with Crippen LogP contribution < -0.4 is 10.9 Å². The van der Waals surface area contributed by atoms with Gasteiger partial charge in [0, 0.05) is 34.1 Å². The second-order valence-corrected chi connectivity index (χ2v) is 9.24. The van der Waals surface area contributed by atoms with E-state index in [0.717, 1.165) is 5.56 Å². The molecule has 1 heterocycles. The molecule has 0 fully saturated rings. The van der Waals surface area contributed by atoms with Crippen LogP contribution in [0.4, 0.5) is 5.69 Å². The number of aryl methyl sites for hydroxylation is 1. The molecule has 1 aliphatic rings. The summed E-state index contributed by atoms with van der Waals surface area (Å²) in [5.41, 5.74) is 2.44. The zero-order chi connectivity index (χ0) is 22.3. The fourth-order valence-corrected chi connectivity index (χ4v) is 4.20. The van der Waals surface area contributed by atoms with E-state index in [-0.39, 0.29) is 16.8 Å². The summed E-state index contributed by atoms with van der Waals surface area (Å²) in [6.45, 7) is 5.98. The number of pyridine rings is 1. The molecule has 4 rings (SSSR count). The Morgan fingerprint density at radius 2 is 1.74 bits per heavy atom. The number of nitrogens with one attached hydrogen (secondary N) is 1. The van der Waals surface area contributed by atoms with Gasteiger partial charge in [-0.15, -0.1) is 0 Å². The predicted octanol–water partition coefficient (Wildman–Crippen LogP) is 5.21. The van der Waals surface area contributed by atoms with E-state index >= 15 is 0 Å². The van der Waals surface area contributed by atoms with Crippen LogP contribution in [0.3, 0.4) is 0 Å². The molecular formula is C25H23ClN2O3. The smallest absolute Gasteiger partial charge is 0.268 e. The summed E-state index contributed by atoms with van der Waals surface area (Å²) in [5.74, 6) is -0.641. The summed E-state index contributed by atoms with van der Waals surface area (Å²) < 4.78 is 1.51. The van der Waals surface area contributed by atoms with Crippen LogP contribution in [0.5, 0.6) is 0 Å². The Labute approximate surface area is 185 Å². The second kappa shape index (κ2) is 7.82. The highest BCUT2D eigenvalue weighted by Crippen LogP contribution is 2.35. The molecule has 31 heavy (non-hydrogen) atoms. The van der Waals surface area contributed by atoms with E-state index in [2.05, 4.69) is 5.32 Å². The number of fused-ring (bicyclic) bond motifs is 1. The minimum absolute atomic E-state index is 0.0658. The SMILES string of the molecule is Cc1ccc(-n2c3c(cc(C(=O)Nc4cccc(Cl)c4)c2=O)C(=O)CC(C)(C)C3)cc1. The molecular weight excluding hydrogens is 412 g/mol. The number of halogens is 1. The minimum atomic E-state index is -0.575. The van der Waals surface area contributed by atoms with Crippen molar-refractivity contribution in [1.82, 2.24) is 4.57 Å². The Morgan fingerprint density at radius 3 is 2.42 bits per heavy atom. The van der Waals surface area contributed by atoms with Gasteiger partial charge in [-0.05, 0) is 55.2 Å². The number of Topliss-reactive ketones (excluding diaryl/α,β-unsaturated/α-hetero) is 1. The fourth-order valence-electron chi connectivity index (χ4n) is 4.01. The highest BCUT2D eigenvalue weighted by Gasteiger charge is 2.35. The van der Waals surface area contributed by atoms with Gasteiger partial charge in [0.05, 0.1) is 0 Å².